The van der Waals surface area contributed by atoms with Crippen LogP contribution in [-0.4, -0.2) is 29.4 Å². The summed E-state index contributed by atoms with van der Waals surface area (Å²) in [6.07, 6.45) is 1.74. The number of carbonyl (C=O) groups is 1. The molecule has 1 aromatic heterocycles. The summed E-state index contributed by atoms with van der Waals surface area (Å²) >= 11 is 15.7. The van der Waals surface area contributed by atoms with Gasteiger partial charge in [-0.1, -0.05) is 46.7 Å². The first kappa shape index (κ1) is 21.5. The number of hydrogen-bond donors (Lipinski definition) is 2. The standard InChI is InChI=1S/C21H20Cl2N4OS2/c1-12(28)25-21-24-9-20(29-21)30-26-15-5-3-4-13(6-15)17-10-27(2)11-18-16(17)7-14(22)8-19(18)23/h3-9,17,26H,10-11H2,1-2H3,(H,24,25,28). The van der Waals surface area contributed by atoms with E-state index in [9.17, 15) is 4.79 Å². The Balaban J connectivity index is 1.54. The summed E-state index contributed by atoms with van der Waals surface area (Å²) in [5, 5.41) is 4.68. The van der Waals surface area contributed by atoms with Gasteiger partial charge in [-0.3, -0.25) is 4.79 Å². The molecule has 0 aliphatic carbocycles. The van der Waals surface area contributed by atoms with E-state index in [4.69, 9.17) is 23.2 Å². The number of benzene rings is 2. The molecule has 1 amide bonds. The van der Waals surface area contributed by atoms with Crippen molar-refractivity contribution in [3.05, 3.63) is 69.3 Å². The molecule has 30 heavy (non-hydrogen) atoms. The lowest BCUT2D eigenvalue weighted by Gasteiger charge is -2.33. The minimum atomic E-state index is -0.125. The van der Waals surface area contributed by atoms with Gasteiger partial charge in [0.1, 0.15) is 4.21 Å². The van der Waals surface area contributed by atoms with Crippen LogP contribution in [0.5, 0.6) is 0 Å². The van der Waals surface area contributed by atoms with Crippen LogP contribution in [0.3, 0.4) is 0 Å². The van der Waals surface area contributed by atoms with Crippen LogP contribution in [0.25, 0.3) is 0 Å². The highest BCUT2D eigenvalue weighted by atomic mass is 35.5. The van der Waals surface area contributed by atoms with Crippen LogP contribution >= 0.6 is 46.5 Å². The summed E-state index contributed by atoms with van der Waals surface area (Å²) in [5.74, 6) is 0.0657. The number of aromatic nitrogens is 1. The van der Waals surface area contributed by atoms with Gasteiger partial charge in [-0.25, -0.2) is 4.98 Å². The molecule has 0 saturated carbocycles. The Morgan fingerprint density at radius 1 is 1.30 bits per heavy atom. The molecule has 1 aliphatic heterocycles. The summed E-state index contributed by atoms with van der Waals surface area (Å²) in [6, 6.07) is 12.2. The molecule has 1 atom stereocenters. The first-order valence-electron chi connectivity index (χ1n) is 9.31. The molecule has 2 heterocycles. The van der Waals surface area contributed by atoms with Gasteiger partial charge < -0.3 is 14.9 Å². The van der Waals surface area contributed by atoms with Crippen LogP contribution in [0.4, 0.5) is 10.8 Å². The number of likely N-dealkylation sites (N-methyl/N-ethyl adjacent to an activating group) is 1. The molecule has 3 aromatic rings. The minimum absolute atomic E-state index is 0.125. The van der Waals surface area contributed by atoms with Gasteiger partial charge in [0.05, 0.1) is 6.20 Å². The van der Waals surface area contributed by atoms with Crippen LogP contribution in [0, 0.1) is 0 Å². The van der Waals surface area contributed by atoms with E-state index in [0.717, 1.165) is 33.6 Å². The van der Waals surface area contributed by atoms with Gasteiger partial charge in [0.25, 0.3) is 0 Å². The van der Waals surface area contributed by atoms with Gasteiger partial charge in [-0.2, -0.15) is 0 Å². The van der Waals surface area contributed by atoms with Crippen molar-refractivity contribution in [3.63, 3.8) is 0 Å². The lowest BCUT2D eigenvalue weighted by atomic mass is 9.84. The maximum atomic E-state index is 11.2. The molecule has 2 aromatic carbocycles. The van der Waals surface area contributed by atoms with E-state index < -0.39 is 0 Å². The third kappa shape index (κ3) is 4.92. The molecule has 0 fully saturated rings. The van der Waals surface area contributed by atoms with Crippen LogP contribution < -0.4 is 10.0 Å². The first-order chi connectivity index (χ1) is 14.4. The van der Waals surface area contributed by atoms with Crippen molar-refractivity contribution in [1.29, 1.82) is 0 Å². The van der Waals surface area contributed by atoms with Crippen LogP contribution in [0.15, 0.2) is 46.8 Å². The monoisotopic (exact) mass is 478 g/mol. The fourth-order valence-corrected chi connectivity index (χ4v) is 5.72. The van der Waals surface area contributed by atoms with Crippen molar-refractivity contribution in [1.82, 2.24) is 9.88 Å². The Bertz CT molecular complexity index is 1090. The molecular formula is C21H20Cl2N4OS2. The minimum Gasteiger partial charge on any atom is -0.325 e. The second-order valence-corrected chi connectivity index (χ2v) is 10.2. The van der Waals surface area contributed by atoms with Gasteiger partial charge in [0.2, 0.25) is 5.91 Å². The zero-order valence-electron chi connectivity index (χ0n) is 16.4. The number of carbonyl (C=O) groups excluding carboxylic acids is 1. The van der Waals surface area contributed by atoms with Crippen molar-refractivity contribution < 1.29 is 4.79 Å². The van der Waals surface area contributed by atoms with Crippen LogP contribution in [0.2, 0.25) is 10.0 Å². The Labute approximate surface area is 193 Å². The summed E-state index contributed by atoms with van der Waals surface area (Å²) in [5.41, 5.74) is 4.53. The highest BCUT2D eigenvalue weighted by molar-refractivity contribution is 8.02. The lowest BCUT2D eigenvalue weighted by Crippen LogP contribution is -2.31. The van der Waals surface area contributed by atoms with Crippen molar-refractivity contribution >= 4 is 63.2 Å². The van der Waals surface area contributed by atoms with E-state index >= 15 is 0 Å². The highest BCUT2D eigenvalue weighted by Gasteiger charge is 2.27. The lowest BCUT2D eigenvalue weighted by molar-refractivity contribution is -0.114. The van der Waals surface area contributed by atoms with Crippen molar-refractivity contribution in [2.24, 2.45) is 0 Å². The van der Waals surface area contributed by atoms with Crippen molar-refractivity contribution in [2.75, 3.05) is 23.6 Å². The van der Waals surface area contributed by atoms with Gasteiger partial charge in [-0.15, -0.1) is 0 Å². The maximum absolute atomic E-state index is 11.2. The van der Waals surface area contributed by atoms with E-state index in [-0.39, 0.29) is 11.8 Å². The molecular weight excluding hydrogens is 459 g/mol. The number of thiazole rings is 1. The van der Waals surface area contributed by atoms with E-state index in [1.165, 1.54) is 41.3 Å². The second kappa shape index (κ2) is 9.16. The predicted octanol–water partition coefficient (Wildman–Crippen LogP) is 6.10. The molecule has 0 radical (unpaired) electrons. The fraction of sp³-hybridized carbons (Fsp3) is 0.238. The average molecular weight is 479 g/mol. The number of hydrogen-bond acceptors (Lipinski definition) is 6. The number of nitrogens with zero attached hydrogens (tertiary/aromatic N) is 2. The number of fused-ring (bicyclic) bond motifs is 1. The Morgan fingerprint density at radius 2 is 2.13 bits per heavy atom. The Hall–Kier alpha value is -1.77. The number of rotatable bonds is 5. The smallest absolute Gasteiger partial charge is 0.223 e. The zero-order valence-corrected chi connectivity index (χ0v) is 19.6. The Morgan fingerprint density at radius 3 is 2.93 bits per heavy atom. The quantitative estimate of drug-likeness (QED) is 0.433. The zero-order chi connectivity index (χ0) is 21.3. The van der Waals surface area contributed by atoms with Crippen LogP contribution in [-0.2, 0) is 11.3 Å². The van der Waals surface area contributed by atoms with E-state index in [1.54, 1.807) is 6.20 Å². The largest absolute Gasteiger partial charge is 0.325 e. The molecule has 0 spiro atoms. The summed E-state index contributed by atoms with van der Waals surface area (Å²) in [6.45, 7) is 3.19. The molecule has 1 aliphatic rings. The topological polar surface area (TPSA) is 57.3 Å². The number of amides is 1. The third-order valence-electron chi connectivity index (χ3n) is 4.82. The van der Waals surface area contributed by atoms with Gasteiger partial charge in [0, 0.05) is 41.7 Å². The van der Waals surface area contributed by atoms with Gasteiger partial charge in [-0.05, 0) is 60.0 Å². The molecule has 1 unspecified atom stereocenters. The summed E-state index contributed by atoms with van der Waals surface area (Å²) < 4.78 is 4.34. The summed E-state index contributed by atoms with van der Waals surface area (Å²) in [4.78, 5) is 17.6. The van der Waals surface area contributed by atoms with E-state index in [1.807, 2.05) is 24.3 Å². The van der Waals surface area contributed by atoms with Crippen LogP contribution in [0.1, 0.15) is 29.5 Å². The highest BCUT2D eigenvalue weighted by Crippen LogP contribution is 2.39. The van der Waals surface area contributed by atoms with E-state index in [0.29, 0.717) is 10.2 Å². The molecule has 5 nitrogen and oxygen atoms in total. The van der Waals surface area contributed by atoms with Crippen molar-refractivity contribution in [3.8, 4) is 0 Å². The molecule has 2 N–H and O–H groups in total. The summed E-state index contributed by atoms with van der Waals surface area (Å²) in [7, 11) is 2.11. The molecule has 4 rings (SSSR count). The average Bonchev–Trinajstić information content (AvgIpc) is 3.13. The number of anilines is 2. The first-order valence-corrected chi connectivity index (χ1v) is 11.7. The molecule has 156 valence electrons. The molecule has 0 saturated heterocycles. The number of nitrogens with one attached hydrogen (secondary N) is 2. The normalized spacial score (nSPS) is 16.2. The Kier molecular flexibility index (Phi) is 6.55. The van der Waals surface area contributed by atoms with E-state index in [2.05, 4.69) is 39.1 Å². The fourth-order valence-electron chi connectivity index (χ4n) is 3.57. The predicted molar refractivity (Wildman–Crippen MR) is 127 cm³/mol. The molecule has 9 heteroatoms. The second-order valence-electron chi connectivity index (χ2n) is 7.20. The van der Waals surface area contributed by atoms with Crippen molar-refractivity contribution in [2.45, 2.75) is 23.6 Å². The SMILES string of the molecule is CC(=O)Nc1ncc(SNc2cccc(C3CN(C)Cc4c(Cl)cc(Cl)cc43)c2)s1. The number of halogens is 2. The van der Waals surface area contributed by atoms with Gasteiger partial charge in [0.15, 0.2) is 5.13 Å². The van der Waals surface area contributed by atoms with Gasteiger partial charge >= 0.3 is 0 Å². The molecule has 0 bridgehead atoms. The third-order valence-corrected chi connectivity index (χ3v) is 7.23. The maximum Gasteiger partial charge on any atom is 0.223 e.